The first-order valence-corrected chi connectivity index (χ1v) is 9.65. The molecule has 1 aromatic rings. The van der Waals surface area contributed by atoms with Crippen LogP contribution in [0.25, 0.3) is 0 Å². The van der Waals surface area contributed by atoms with Gasteiger partial charge in [0.15, 0.2) is 0 Å². The van der Waals surface area contributed by atoms with Gasteiger partial charge in [0.05, 0.1) is 19.1 Å². The summed E-state index contributed by atoms with van der Waals surface area (Å²) in [5.41, 5.74) is 5.53. The molecule has 0 saturated heterocycles. The van der Waals surface area contributed by atoms with Gasteiger partial charge in [-0.15, -0.1) is 0 Å². The Balaban J connectivity index is 3.13. The normalized spacial score (nSPS) is 10.6. The largest absolute Gasteiger partial charge is 0.497 e. The van der Waals surface area contributed by atoms with Gasteiger partial charge in [-0.2, -0.15) is 0 Å². The molecule has 0 aromatic heterocycles. The van der Waals surface area contributed by atoms with Gasteiger partial charge in [0.2, 0.25) is 0 Å². The third-order valence-electron chi connectivity index (χ3n) is 3.68. The van der Waals surface area contributed by atoms with Crippen LogP contribution in [0.1, 0.15) is 49.8 Å². The van der Waals surface area contributed by atoms with Crippen LogP contribution in [-0.4, -0.2) is 6.61 Å². The van der Waals surface area contributed by atoms with Gasteiger partial charge in [-0.1, -0.05) is 51.3 Å². The molecule has 0 heterocycles. The van der Waals surface area contributed by atoms with Crippen LogP contribution >= 0.6 is 0 Å². The summed E-state index contributed by atoms with van der Waals surface area (Å²) in [4.78, 5) is 0. The van der Waals surface area contributed by atoms with Crippen molar-refractivity contribution in [3.63, 3.8) is 0 Å². The maximum absolute atomic E-state index is 6.09. The molecule has 0 fully saturated rings. The van der Waals surface area contributed by atoms with Crippen molar-refractivity contribution in [1.29, 1.82) is 0 Å². The molecule has 0 unspecified atom stereocenters. The van der Waals surface area contributed by atoms with Crippen molar-refractivity contribution >= 4 is 0 Å². The summed E-state index contributed by atoms with van der Waals surface area (Å²) in [6, 6.07) is 4.08. The Morgan fingerprint density at radius 1 is 1.00 bits per heavy atom. The van der Waals surface area contributed by atoms with E-state index in [9.17, 15) is 0 Å². The van der Waals surface area contributed by atoms with E-state index < -0.39 is 0 Å². The summed E-state index contributed by atoms with van der Waals surface area (Å²) in [5.74, 6) is 0.807. The fourth-order valence-electron chi connectivity index (χ4n) is 2.38. The minimum absolute atomic E-state index is 0.359. The number of benzene rings is 1. The monoisotopic (exact) mass is 384 g/mol. The van der Waals surface area contributed by atoms with Crippen molar-refractivity contribution in [2.75, 3.05) is 6.61 Å². The van der Waals surface area contributed by atoms with Gasteiger partial charge in [0.25, 0.3) is 0 Å². The lowest BCUT2D eigenvalue weighted by atomic mass is 10.0. The molecule has 4 nitrogen and oxygen atoms in total. The van der Waals surface area contributed by atoms with Crippen molar-refractivity contribution in [3.8, 4) is 5.75 Å². The molecule has 0 aliphatic carbocycles. The Bertz CT molecular complexity index is 682. The topological polar surface area (TPSA) is 36.9 Å². The fourth-order valence-corrected chi connectivity index (χ4v) is 2.38. The molecular formula is C24H32O4. The lowest BCUT2D eigenvalue weighted by molar-refractivity contribution is 0.211. The maximum atomic E-state index is 6.09. The van der Waals surface area contributed by atoms with Crippen molar-refractivity contribution in [2.24, 2.45) is 0 Å². The van der Waals surface area contributed by atoms with E-state index in [2.05, 4.69) is 38.8 Å². The highest BCUT2D eigenvalue weighted by atomic mass is 16.5. The molecule has 0 N–H and O–H groups in total. The van der Waals surface area contributed by atoms with Gasteiger partial charge in [0, 0.05) is 11.1 Å². The lowest BCUT2D eigenvalue weighted by Crippen LogP contribution is -2.06. The Hall–Kier alpha value is -2.84. The first-order chi connectivity index (χ1) is 13.8. The Morgan fingerprint density at radius 3 is 2.36 bits per heavy atom. The second-order valence-corrected chi connectivity index (χ2v) is 6.04. The van der Waals surface area contributed by atoms with Crippen LogP contribution in [0.5, 0.6) is 5.75 Å². The van der Waals surface area contributed by atoms with E-state index in [1.54, 1.807) is 24.7 Å². The van der Waals surface area contributed by atoms with Crippen LogP contribution in [0.15, 0.2) is 68.0 Å². The Morgan fingerprint density at radius 2 is 1.71 bits per heavy atom. The summed E-state index contributed by atoms with van der Waals surface area (Å²) in [6.45, 7) is 13.2. The molecule has 152 valence electrons. The van der Waals surface area contributed by atoms with Crippen LogP contribution in [0.2, 0.25) is 0 Å². The molecule has 1 aromatic carbocycles. The van der Waals surface area contributed by atoms with Gasteiger partial charge in [0.1, 0.15) is 31.8 Å². The SMILES string of the molecule is C=C=COCc1cc(COC=CC=C)cc(COC=CCC)c1OCCCC. The number of hydrogen-bond donors (Lipinski definition) is 0. The molecule has 1 rings (SSSR count). The Kier molecular flexibility index (Phi) is 12.6. The first kappa shape index (κ1) is 23.2. The Labute approximate surface area is 169 Å². The highest BCUT2D eigenvalue weighted by molar-refractivity contribution is 5.44. The molecule has 0 saturated carbocycles. The van der Waals surface area contributed by atoms with Crippen LogP contribution in [0.4, 0.5) is 0 Å². The lowest BCUT2D eigenvalue weighted by Gasteiger charge is -2.18. The zero-order valence-corrected chi connectivity index (χ0v) is 17.1. The van der Waals surface area contributed by atoms with Crippen molar-refractivity contribution in [2.45, 2.75) is 52.9 Å². The fraction of sp³-hybridized carbons (Fsp3) is 0.375. The minimum atomic E-state index is 0.359. The molecule has 0 radical (unpaired) electrons. The second-order valence-electron chi connectivity index (χ2n) is 6.04. The third kappa shape index (κ3) is 9.20. The van der Waals surface area contributed by atoms with E-state index in [0.29, 0.717) is 26.4 Å². The highest BCUT2D eigenvalue weighted by Gasteiger charge is 2.14. The highest BCUT2D eigenvalue weighted by Crippen LogP contribution is 2.29. The molecule has 28 heavy (non-hydrogen) atoms. The van der Waals surface area contributed by atoms with E-state index in [-0.39, 0.29) is 0 Å². The van der Waals surface area contributed by atoms with Crippen LogP contribution in [-0.2, 0) is 34.0 Å². The number of hydrogen-bond acceptors (Lipinski definition) is 4. The smallest absolute Gasteiger partial charge is 0.132 e. The molecule has 0 amide bonds. The van der Waals surface area contributed by atoms with Gasteiger partial charge in [-0.25, -0.2) is 0 Å². The van der Waals surface area contributed by atoms with E-state index in [1.165, 1.54) is 6.26 Å². The zero-order chi connectivity index (χ0) is 20.5. The number of unbranched alkanes of at least 4 members (excludes halogenated alkanes) is 1. The summed E-state index contributed by atoms with van der Waals surface area (Å²) < 4.78 is 22.8. The summed E-state index contributed by atoms with van der Waals surface area (Å²) >= 11 is 0. The van der Waals surface area contributed by atoms with Crippen LogP contribution in [0, 0.1) is 0 Å². The standard InChI is InChI=1S/C24H32O4/c1-5-9-13-26-18-21-16-22(19-25-12-8-4)24(28-15-11-7-3)23(17-21)20-27-14-10-6-2/h5,9-10,12-14,16-17H,1,4,6-7,11,15,18-20H2,2-3H3. The molecule has 0 aliphatic heterocycles. The molecular weight excluding hydrogens is 352 g/mol. The number of rotatable bonds is 15. The summed E-state index contributed by atoms with van der Waals surface area (Å²) in [5, 5.41) is 0. The molecule has 0 aliphatic rings. The third-order valence-corrected chi connectivity index (χ3v) is 3.68. The van der Waals surface area contributed by atoms with E-state index in [1.807, 2.05) is 12.1 Å². The minimum Gasteiger partial charge on any atom is -0.497 e. The van der Waals surface area contributed by atoms with Gasteiger partial charge < -0.3 is 18.9 Å². The van der Waals surface area contributed by atoms with Crippen LogP contribution < -0.4 is 4.74 Å². The average Bonchev–Trinajstić information content (AvgIpc) is 2.70. The maximum Gasteiger partial charge on any atom is 0.132 e. The van der Waals surface area contributed by atoms with Crippen molar-refractivity contribution < 1.29 is 18.9 Å². The summed E-state index contributed by atoms with van der Waals surface area (Å²) in [6.07, 6.45) is 13.2. The van der Waals surface area contributed by atoms with E-state index >= 15 is 0 Å². The second kappa shape index (κ2) is 15.2. The average molecular weight is 385 g/mol. The predicted octanol–water partition coefficient (Wildman–Crippen LogP) is 6.34. The molecule has 0 spiro atoms. The van der Waals surface area contributed by atoms with E-state index in [0.717, 1.165) is 41.7 Å². The molecule has 0 bridgehead atoms. The first-order valence-electron chi connectivity index (χ1n) is 9.65. The number of ether oxygens (including phenoxy) is 4. The van der Waals surface area contributed by atoms with E-state index in [4.69, 9.17) is 18.9 Å². The van der Waals surface area contributed by atoms with Gasteiger partial charge in [-0.05, 0) is 36.6 Å². The number of allylic oxidation sites excluding steroid dienone is 3. The quantitative estimate of drug-likeness (QED) is 0.153. The summed E-state index contributed by atoms with van der Waals surface area (Å²) in [7, 11) is 0. The molecule has 4 heteroatoms. The zero-order valence-electron chi connectivity index (χ0n) is 17.1. The van der Waals surface area contributed by atoms with Crippen LogP contribution in [0.3, 0.4) is 0 Å². The van der Waals surface area contributed by atoms with Gasteiger partial charge in [-0.3, -0.25) is 0 Å². The molecule has 0 atom stereocenters. The predicted molar refractivity (Wildman–Crippen MR) is 114 cm³/mol. The van der Waals surface area contributed by atoms with Crippen molar-refractivity contribution in [1.82, 2.24) is 0 Å². The van der Waals surface area contributed by atoms with Crippen molar-refractivity contribution in [3.05, 3.63) is 84.7 Å². The van der Waals surface area contributed by atoms with Gasteiger partial charge >= 0.3 is 0 Å².